The van der Waals surface area contributed by atoms with Gasteiger partial charge in [0.25, 0.3) is 11.5 Å². The second-order valence-corrected chi connectivity index (χ2v) is 6.56. The van der Waals surface area contributed by atoms with Gasteiger partial charge in [-0.15, -0.1) is 0 Å². The van der Waals surface area contributed by atoms with Crippen molar-refractivity contribution in [3.63, 3.8) is 0 Å². The molecule has 1 aromatic rings. The van der Waals surface area contributed by atoms with Crippen LogP contribution in [0.2, 0.25) is 5.02 Å². The number of likely N-dealkylation sites (tertiary alicyclic amines) is 1. The number of nitrogens with one attached hydrogen (secondary N) is 1. The van der Waals surface area contributed by atoms with Crippen LogP contribution in [0.25, 0.3) is 0 Å². The highest BCUT2D eigenvalue weighted by Gasteiger charge is 2.40. The van der Waals surface area contributed by atoms with Crippen molar-refractivity contribution in [2.75, 3.05) is 45.9 Å². The number of aliphatic hydroxyl groups is 1. The summed E-state index contributed by atoms with van der Waals surface area (Å²) in [5.74, 6) is -0.235. The molecule has 2 N–H and O–H groups in total. The second kappa shape index (κ2) is 6.60. The Morgan fingerprint density at radius 3 is 2.83 bits per heavy atom. The maximum Gasteiger partial charge on any atom is 0.266 e. The van der Waals surface area contributed by atoms with Crippen molar-refractivity contribution in [2.24, 2.45) is 0 Å². The Balaban J connectivity index is 1.64. The lowest BCUT2D eigenvalue weighted by Crippen LogP contribution is -2.49. The van der Waals surface area contributed by atoms with Crippen LogP contribution in [0.1, 0.15) is 16.8 Å². The molecule has 2 aliphatic heterocycles. The first-order valence-electron chi connectivity index (χ1n) is 7.67. The minimum atomic E-state index is -0.904. The lowest BCUT2D eigenvalue weighted by atomic mass is 10.0. The second-order valence-electron chi connectivity index (χ2n) is 6.15. The Bertz CT molecular complexity index is 644. The molecule has 23 heavy (non-hydrogen) atoms. The zero-order valence-corrected chi connectivity index (χ0v) is 13.5. The number of carbonyl (C=O) groups is 1. The van der Waals surface area contributed by atoms with Crippen molar-refractivity contribution in [3.8, 4) is 0 Å². The van der Waals surface area contributed by atoms with Gasteiger partial charge >= 0.3 is 0 Å². The first kappa shape index (κ1) is 16.4. The highest BCUT2D eigenvalue weighted by atomic mass is 35.5. The van der Waals surface area contributed by atoms with Gasteiger partial charge in [0.2, 0.25) is 0 Å². The molecule has 1 aromatic heterocycles. The number of rotatable bonds is 3. The van der Waals surface area contributed by atoms with E-state index in [2.05, 4.69) is 9.88 Å². The fourth-order valence-electron chi connectivity index (χ4n) is 3.10. The number of halogens is 1. The Labute approximate surface area is 138 Å². The number of H-pyrrole nitrogens is 1. The molecule has 2 aliphatic rings. The van der Waals surface area contributed by atoms with Crippen LogP contribution in [0.15, 0.2) is 17.1 Å². The average molecular weight is 342 g/mol. The number of aromatic amines is 1. The van der Waals surface area contributed by atoms with Crippen LogP contribution in [-0.4, -0.2) is 77.3 Å². The number of ether oxygens (including phenoxy) is 1. The van der Waals surface area contributed by atoms with Crippen molar-refractivity contribution in [3.05, 3.63) is 33.2 Å². The molecule has 3 heterocycles. The van der Waals surface area contributed by atoms with Gasteiger partial charge in [0.05, 0.1) is 30.9 Å². The van der Waals surface area contributed by atoms with Crippen molar-refractivity contribution in [1.29, 1.82) is 0 Å². The average Bonchev–Trinajstić information content (AvgIpc) is 2.92. The van der Waals surface area contributed by atoms with Crippen molar-refractivity contribution in [2.45, 2.75) is 12.0 Å². The highest BCUT2D eigenvalue weighted by molar-refractivity contribution is 6.30. The number of amides is 1. The van der Waals surface area contributed by atoms with E-state index in [1.54, 1.807) is 4.90 Å². The van der Waals surface area contributed by atoms with Gasteiger partial charge in [-0.25, -0.2) is 0 Å². The summed E-state index contributed by atoms with van der Waals surface area (Å²) in [5, 5.41) is 10.7. The number of hydrogen-bond acceptors (Lipinski definition) is 5. The van der Waals surface area contributed by atoms with Crippen LogP contribution in [0.3, 0.4) is 0 Å². The first-order valence-corrected chi connectivity index (χ1v) is 8.05. The highest BCUT2D eigenvalue weighted by Crippen LogP contribution is 2.24. The van der Waals surface area contributed by atoms with E-state index in [1.807, 2.05) is 0 Å². The number of nitrogens with zero attached hydrogens (tertiary/aromatic N) is 2. The molecule has 7 nitrogen and oxygen atoms in total. The molecule has 1 atom stereocenters. The van der Waals surface area contributed by atoms with E-state index in [0.717, 1.165) is 13.1 Å². The minimum absolute atomic E-state index is 0.0152. The number of pyridine rings is 1. The third kappa shape index (κ3) is 3.74. The summed E-state index contributed by atoms with van der Waals surface area (Å²) < 4.78 is 5.31. The van der Waals surface area contributed by atoms with E-state index in [9.17, 15) is 14.7 Å². The standard InChI is InChI=1S/C15H20ClN3O4/c16-12-7-11(8-17-13(12)20)14(21)19-2-1-15(22,10-19)9-18-3-5-23-6-4-18/h7-8,22H,1-6,9-10H2,(H,17,20)/t15-/m1/s1. The van der Waals surface area contributed by atoms with Crippen molar-refractivity contribution >= 4 is 17.5 Å². The molecule has 126 valence electrons. The quantitative estimate of drug-likeness (QED) is 0.804. The number of morpholine rings is 1. The van der Waals surface area contributed by atoms with Gasteiger partial charge < -0.3 is 19.7 Å². The Morgan fingerprint density at radius 2 is 2.13 bits per heavy atom. The molecule has 0 radical (unpaired) electrons. The summed E-state index contributed by atoms with van der Waals surface area (Å²) >= 11 is 5.77. The fraction of sp³-hybridized carbons (Fsp3) is 0.600. The summed E-state index contributed by atoms with van der Waals surface area (Å²) in [6.45, 7) is 4.24. The van der Waals surface area contributed by atoms with Gasteiger partial charge in [0.15, 0.2) is 0 Å². The zero-order valence-electron chi connectivity index (χ0n) is 12.8. The van der Waals surface area contributed by atoms with Crippen LogP contribution in [0.4, 0.5) is 0 Å². The Morgan fingerprint density at radius 1 is 1.39 bits per heavy atom. The van der Waals surface area contributed by atoms with E-state index in [0.29, 0.717) is 38.3 Å². The molecule has 2 saturated heterocycles. The monoisotopic (exact) mass is 341 g/mol. The molecule has 2 fully saturated rings. The number of β-amino-alcohol motifs (C(OH)–C–C–N with tert-alkyl or cyclic N) is 1. The molecular weight excluding hydrogens is 322 g/mol. The summed E-state index contributed by atoms with van der Waals surface area (Å²) in [4.78, 5) is 30.0. The molecule has 0 spiro atoms. The molecule has 0 aromatic carbocycles. The molecule has 0 aliphatic carbocycles. The van der Waals surface area contributed by atoms with E-state index in [4.69, 9.17) is 16.3 Å². The van der Waals surface area contributed by atoms with E-state index in [1.165, 1.54) is 12.3 Å². The Kier molecular flexibility index (Phi) is 4.72. The molecule has 0 unspecified atom stereocenters. The predicted octanol–water partition coefficient (Wildman–Crippen LogP) is -0.0625. The molecule has 0 saturated carbocycles. The van der Waals surface area contributed by atoms with E-state index >= 15 is 0 Å². The number of carbonyl (C=O) groups excluding carboxylic acids is 1. The maximum atomic E-state index is 12.5. The van der Waals surface area contributed by atoms with E-state index in [-0.39, 0.29) is 17.5 Å². The maximum absolute atomic E-state index is 12.5. The van der Waals surface area contributed by atoms with Gasteiger partial charge in [-0.05, 0) is 12.5 Å². The molecule has 3 rings (SSSR count). The molecule has 1 amide bonds. The first-order chi connectivity index (χ1) is 11.0. The number of hydrogen-bond donors (Lipinski definition) is 2. The number of aromatic nitrogens is 1. The summed E-state index contributed by atoms with van der Waals surface area (Å²) in [6.07, 6.45) is 1.89. The van der Waals surface area contributed by atoms with Gasteiger partial charge in [-0.3, -0.25) is 14.5 Å². The topological polar surface area (TPSA) is 85.9 Å². The van der Waals surface area contributed by atoms with Crippen molar-refractivity contribution in [1.82, 2.24) is 14.8 Å². The van der Waals surface area contributed by atoms with Crippen LogP contribution >= 0.6 is 11.6 Å². The fourth-order valence-corrected chi connectivity index (χ4v) is 3.27. The van der Waals surface area contributed by atoms with Crippen LogP contribution in [0.5, 0.6) is 0 Å². The summed E-state index contributed by atoms with van der Waals surface area (Å²) in [5.41, 5.74) is -1.00. The summed E-state index contributed by atoms with van der Waals surface area (Å²) in [7, 11) is 0. The van der Waals surface area contributed by atoms with E-state index < -0.39 is 11.2 Å². The third-order valence-corrected chi connectivity index (χ3v) is 4.63. The van der Waals surface area contributed by atoms with Gasteiger partial charge in [0.1, 0.15) is 5.02 Å². The van der Waals surface area contributed by atoms with Crippen LogP contribution in [-0.2, 0) is 4.74 Å². The smallest absolute Gasteiger partial charge is 0.266 e. The van der Waals surface area contributed by atoms with Gasteiger partial charge in [-0.2, -0.15) is 0 Å². The Hall–Kier alpha value is -1.41. The lowest BCUT2D eigenvalue weighted by Gasteiger charge is -2.33. The summed E-state index contributed by atoms with van der Waals surface area (Å²) in [6, 6.07) is 1.36. The molecule has 0 bridgehead atoms. The normalized spacial score (nSPS) is 25.7. The molecular formula is C15H20ClN3O4. The van der Waals surface area contributed by atoms with Gasteiger partial charge in [0, 0.05) is 32.4 Å². The SMILES string of the molecule is O=C(c1c[nH]c(=O)c(Cl)c1)N1CC[C@@](O)(CN2CCOCC2)C1. The predicted molar refractivity (Wildman–Crippen MR) is 84.8 cm³/mol. The minimum Gasteiger partial charge on any atom is -0.387 e. The van der Waals surface area contributed by atoms with Crippen LogP contribution in [0, 0.1) is 0 Å². The van der Waals surface area contributed by atoms with Crippen molar-refractivity contribution < 1.29 is 14.6 Å². The third-order valence-electron chi connectivity index (χ3n) is 4.35. The zero-order chi connectivity index (χ0) is 16.4. The lowest BCUT2D eigenvalue weighted by molar-refractivity contribution is -0.0257. The molecule has 8 heteroatoms. The van der Waals surface area contributed by atoms with Gasteiger partial charge in [-0.1, -0.05) is 11.6 Å². The largest absolute Gasteiger partial charge is 0.387 e. The van der Waals surface area contributed by atoms with Crippen LogP contribution < -0.4 is 5.56 Å².